The Hall–Kier alpha value is -1.49. The summed E-state index contributed by atoms with van der Waals surface area (Å²) in [7, 11) is 0. The molecule has 0 saturated carbocycles. The number of nitrogens with zero attached hydrogens (tertiary/aromatic N) is 1. The third-order valence-corrected chi connectivity index (χ3v) is 3.29. The molecule has 5 heteroatoms. The molecule has 0 radical (unpaired) electrons. The summed E-state index contributed by atoms with van der Waals surface area (Å²) in [4.78, 5) is 14.4. The number of rotatable bonds is 6. The Balaban J connectivity index is 2.94. The molecule has 0 bridgehead atoms. The maximum absolute atomic E-state index is 13.7. The van der Waals surface area contributed by atoms with Gasteiger partial charge in [0, 0.05) is 19.0 Å². The van der Waals surface area contributed by atoms with Crippen LogP contribution in [0.2, 0.25) is 0 Å². The first-order valence-electron chi connectivity index (χ1n) is 6.31. The van der Waals surface area contributed by atoms with Crippen molar-refractivity contribution >= 4 is 23.1 Å². The summed E-state index contributed by atoms with van der Waals surface area (Å²) < 4.78 is 13.7. The summed E-state index contributed by atoms with van der Waals surface area (Å²) in [6, 6.07) is 6.01. The number of halogens is 1. The topological polar surface area (TPSA) is 46.3 Å². The van der Waals surface area contributed by atoms with Gasteiger partial charge >= 0.3 is 0 Å². The van der Waals surface area contributed by atoms with Crippen molar-refractivity contribution in [2.45, 2.75) is 32.7 Å². The van der Waals surface area contributed by atoms with Crippen molar-refractivity contribution in [3.63, 3.8) is 0 Å². The second-order valence-electron chi connectivity index (χ2n) is 4.45. The average molecular weight is 282 g/mol. The lowest BCUT2D eigenvalue weighted by molar-refractivity contribution is 0.0689. The van der Waals surface area contributed by atoms with Crippen molar-refractivity contribution in [2.75, 3.05) is 6.54 Å². The highest BCUT2D eigenvalue weighted by Gasteiger charge is 2.22. The lowest BCUT2D eigenvalue weighted by atomic mass is 10.1. The molecular formula is C14H19FN2OS. The molecule has 0 spiro atoms. The zero-order valence-electron chi connectivity index (χ0n) is 11.2. The Morgan fingerprint density at radius 1 is 1.47 bits per heavy atom. The molecule has 0 aromatic heterocycles. The number of nitrogens with two attached hydrogens (primary N) is 1. The molecule has 1 atom stereocenters. The number of amides is 1. The minimum absolute atomic E-state index is 0.0152. The zero-order chi connectivity index (χ0) is 14.4. The van der Waals surface area contributed by atoms with Gasteiger partial charge in [-0.2, -0.15) is 0 Å². The molecule has 0 aliphatic rings. The van der Waals surface area contributed by atoms with Gasteiger partial charge in [0.1, 0.15) is 5.82 Å². The molecule has 3 nitrogen and oxygen atoms in total. The average Bonchev–Trinajstić information content (AvgIpc) is 2.38. The van der Waals surface area contributed by atoms with E-state index in [1.165, 1.54) is 12.1 Å². The molecule has 1 rings (SSSR count). The second kappa shape index (κ2) is 7.19. The predicted octanol–water partition coefficient (Wildman–Crippen LogP) is 2.74. The molecule has 2 N–H and O–H groups in total. The Labute approximate surface area is 118 Å². The van der Waals surface area contributed by atoms with Gasteiger partial charge in [-0.1, -0.05) is 31.3 Å². The summed E-state index contributed by atoms with van der Waals surface area (Å²) >= 11 is 4.83. The Morgan fingerprint density at radius 2 is 2.11 bits per heavy atom. The third-order valence-electron chi connectivity index (χ3n) is 3.09. The van der Waals surface area contributed by atoms with Crippen LogP contribution in [0.25, 0.3) is 0 Å². The number of carbonyl (C=O) groups excluding carboxylic acids is 1. The summed E-state index contributed by atoms with van der Waals surface area (Å²) in [6.07, 6.45) is 1.23. The highest BCUT2D eigenvalue weighted by Crippen LogP contribution is 2.14. The molecule has 0 fully saturated rings. The van der Waals surface area contributed by atoms with Crippen LogP contribution in [-0.4, -0.2) is 28.4 Å². The van der Waals surface area contributed by atoms with Crippen LogP contribution < -0.4 is 5.73 Å². The minimum atomic E-state index is -0.504. The quantitative estimate of drug-likeness (QED) is 0.816. The van der Waals surface area contributed by atoms with Crippen molar-refractivity contribution in [1.29, 1.82) is 0 Å². The van der Waals surface area contributed by atoms with E-state index >= 15 is 0 Å². The molecule has 104 valence electrons. The van der Waals surface area contributed by atoms with Gasteiger partial charge in [-0.05, 0) is 25.5 Å². The summed E-state index contributed by atoms with van der Waals surface area (Å²) in [5, 5.41) is 0. The van der Waals surface area contributed by atoms with Crippen LogP contribution in [0.3, 0.4) is 0 Å². The second-order valence-corrected chi connectivity index (χ2v) is 4.98. The van der Waals surface area contributed by atoms with E-state index < -0.39 is 5.82 Å². The van der Waals surface area contributed by atoms with Crippen molar-refractivity contribution < 1.29 is 9.18 Å². The van der Waals surface area contributed by atoms with E-state index in [0.29, 0.717) is 18.0 Å². The van der Waals surface area contributed by atoms with Crippen molar-refractivity contribution in [1.82, 2.24) is 4.90 Å². The summed E-state index contributed by atoms with van der Waals surface area (Å²) in [5.74, 6) is -0.820. The maximum Gasteiger partial charge on any atom is 0.257 e. The van der Waals surface area contributed by atoms with E-state index in [1.54, 1.807) is 17.0 Å². The first-order chi connectivity index (χ1) is 8.97. The van der Waals surface area contributed by atoms with E-state index in [1.807, 2.05) is 13.8 Å². The normalized spacial score (nSPS) is 11.9. The number of hydrogen-bond acceptors (Lipinski definition) is 2. The van der Waals surface area contributed by atoms with Crippen LogP contribution in [0.5, 0.6) is 0 Å². The predicted molar refractivity (Wildman–Crippen MR) is 78.6 cm³/mol. The van der Waals surface area contributed by atoms with Gasteiger partial charge in [0.05, 0.1) is 10.6 Å². The number of benzene rings is 1. The van der Waals surface area contributed by atoms with Gasteiger partial charge in [0.2, 0.25) is 0 Å². The SMILES string of the molecule is CCC(C)N(CCC(N)=S)C(=O)c1ccccc1F. The smallest absolute Gasteiger partial charge is 0.257 e. The monoisotopic (exact) mass is 282 g/mol. The van der Waals surface area contributed by atoms with E-state index in [2.05, 4.69) is 0 Å². The fourth-order valence-electron chi connectivity index (χ4n) is 1.76. The van der Waals surface area contributed by atoms with Gasteiger partial charge in [-0.25, -0.2) is 4.39 Å². The standard InChI is InChI=1S/C14H19FN2OS/c1-3-10(2)17(9-8-13(16)19)14(18)11-6-4-5-7-12(11)15/h4-7,10H,3,8-9H2,1-2H3,(H2,16,19). The largest absolute Gasteiger partial charge is 0.393 e. The lowest BCUT2D eigenvalue weighted by Gasteiger charge is -2.28. The molecule has 0 aliphatic heterocycles. The van der Waals surface area contributed by atoms with Crippen LogP contribution in [0.1, 0.15) is 37.0 Å². The molecule has 0 heterocycles. The summed E-state index contributed by atoms with van der Waals surface area (Å²) in [5.41, 5.74) is 5.56. The minimum Gasteiger partial charge on any atom is -0.393 e. The van der Waals surface area contributed by atoms with Crippen LogP contribution in [0, 0.1) is 5.82 Å². The van der Waals surface area contributed by atoms with Crippen LogP contribution in [-0.2, 0) is 0 Å². The van der Waals surface area contributed by atoms with Crippen LogP contribution in [0.15, 0.2) is 24.3 Å². The Kier molecular flexibility index (Phi) is 5.89. The van der Waals surface area contributed by atoms with Crippen molar-refractivity contribution in [2.24, 2.45) is 5.73 Å². The molecular weight excluding hydrogens is 263 g/mol. The van der Waals surface area contributed by atoms with Crippen molar-refractivity contribution in [3.05, 3.63) is 35.6 Å². The van der Waals surface area contributed by atoms with Crippen molar-refractivity contribution in [3.8, 4) is 0 Å². The van der Waals surface area contributed by atoms with Gasteiger partial charge in [0.25, 0.3) is 5.91 Å². The molecule has 0 saturated heterocycles. The first kappa shape index (κ1) is 15.6. The molecule has 19 heavy (non-hydrogen) atoms. The van der Waals surface area contributed by atoms with E-state index in [0.717, 1.165) is 6.42 Å². The van der Waals surface area contributed by atoms with Gasteiger partial charge in [-0.3, -0.25) is 4.79 Å². The fraction of sp³-hybridized carbons (Fsp3) is 0.429. The number of hydrogen-bond donors (Lipinski definition) is 1. The molecule has 1 aromatic carbocycles. The van der Waals surface area contributed by atoms with E-state index in [9.17, 15) is 9.18 Å². The highest BCUT2D eigenvalue weighted by molar-refractivity contribution is 7.80. The molecule has 0 aliphatic carbocycles. The van der Waals surface area contributed by atoms with E-state index in [4.69, 9.17) is 18.0 Å². The Bertz CT molecular complexity index is 465. The van der Waals surface area contributed by atoms with Gasteiger partial charge < -0.3 is 10.6 Å². The zero-order valence-corrected chi connectivity index (χ0v) is 12.0. The summed E-state index contributed by atoms with van der Waals surface area (Å²) in [6.45, 7) is 4.32. The number of carbonyl (C=O) groups is 1. The number of thiocarbonyl (C=S) groups is 1. The van der Waals surface area contributed by atoms with Gasteiger partial charge in [0.15, 0.2) is 0 Å². The van der Waals surface area contributed by atoms with Crippen LogP contribution in [0.4, 0.5) is 4.39 Å². The maximum atomic E-state index is 13.7. The van der Waals surface area contributed by atoms with E-state index in [-0.39, 0.29) is 17.5 Å². The molecule has 1 amide bonds. The fourth-order valence-corrected chi connectivity index (χ4v) is 1.85. The first-order valence-corrected chi connectivity index (χ1v) is 6.72. The molecule has 1 unspecified atom stereocenters. The van der Waals surface area contributed by atoms with Gasteiger partial charge in [-0.15, -0.1) is 0 Å². The Morgan fingerprint density at radius 3 is 2.63 bits per heavy atom. The third kappa shape index (κ3) is 4.28. The lowest BCUT2D eigenvalue weighted by Crippen LogP contribution is -2.40. The highest BCUT2D eigenvalue weighted by atomic mass is 32.1. The van der Waals surface area contributed by atoms with Crippen LogP contribution >= 0.6 is 12.2 Å². The molecule has 1 aromatic rings.